The molecule has 0 saturated carbocycles. The van der Waals surface area contributed by atoms with Crippen molar-refractivity contribution in [2.45, 2.75) is 46.1 Å². The second kappa shape index (κ2) is 9.59. The van der Waals surface area contributed by atoms with Gasteiger partial charge >= 0.3 is 18.3 Å². The molecule has 0 bridgehead atoms. The summed E-state index contributed by atoms with van der Waals surface area (Å²) in [6.45, 7) is 4.59. The highest BCUT2D eigenvalue weighted by molar-refractivity contribution is 5.75. The van der Waals surface area contributed by atoms with Crippen LogP contribution < -0.4 is 4.74 Å². The predicted molar refractivity (Wildman–Crippen MR) is 88.8 cm³/mol. The minimum absolute atomic E-state index is 0.193. The van der Waals surface area contributed by atoms with Crippen molar-refractivity contribution in [3.05, 3.63) is 29.8 Å². The van der Waals surface area contributed by atoms with Gasteiger partial charge < -0.3 is 19.3 Å². The standard InChI is InChI=1S/C18H23F3O6/c1-4-17(2,3)16(24)26-11-13(22)10-25-15(23)9-12-5-7-14(8-6-12)27-18(19,20)21/h5-8,13,22H,4,9-11H2,1-3H3. The van der Waals surface area contributed by atoms with Gasteiger partial charge in [0.1, 0.15) is 25.1 Å². The molecule has 27 heavy (non-hydrogen) atoms. The Morgan fingerprint density at radius 3 is 2.15 bits per heavy atom. The number of halogens is 3. The van der Waals surface area contributed by atoms with Crippen LogP contribution in [0.2, 0.25) is 0 Å². The average molecular weight is 392 g/mol. The first-order valence-corrected chi connectivity index (χ1v) is 8.28. The highest BCUT2D eigenvalue weighted by Gasteiger charge is 2.31. The third-order valence-electron chi connectivity index (χ3n) is 3.79. The van der Waals surface area contributed by atoms with Crippen LogP contribution in [0.5, 0.6) is 5.75 Å². The Morgan fingerprint density at radius 1 is 1.07 bits per heavy atom. The summed E-state index contributed by atoms with van der Waals surface area (Å²) in [6.07, 6.45) is -5.58. The third-order valence-corrected chi connectivity index (χ3v) is 3.79. The van der Waals surface area contributed by atoms with Crippen molar-refractivity contribution < 1.29 is 42.1 Å². The molecule has 0 amide bonds. The molecule has 1 aromatic carbocycles. The largest absolute Gasteiger partial charge is 0.573 e. The summed E-state index contributed by atoms with van der Waals surface area (Å²) in [5.74, 6) is -1.54. The van der Waals surface area contributed by atoms with Gasteiger partial charge in [-0.3, -0.25) is 9.59 Å². The number of aliphatic hydroxyl groups is 1. The Balaban J connectivity index is 2.37. The van der Waals surface area contributed by atoms with Crippen LogP contribution in [0.1, 0.15) is 32.8 Å². The molecule has 0 heterocycles. The number of alkyl halides is 3. The van der Waals surface area contributed by atoms with Crippen LogP contribution in [0.3, 0.4) is 0 Å². The molecule has 0 radical (unpaired) electrons. The number of carbonyl (C=O) groups is 2. The number of hydrogen-bond donors (Lipinski definition) is 1. The number of rotatable bonds is 9. The van der Waals surface area contributed by atoms with Crippen molar-refractivity contribution in [1.82, 2.24) is 0 Å². The molecule has 152 valence electrons. The molecule has 0 aromatic heterocycles. The predicted octanol–water partition coefficient (Wildman–Crippen LogP) is 3.01. The molecule has 0 fully saturated rings. The second-order valence-electron chi connectivity index (χ2n) is 6.54. The zero-order chi connectivity index (χ0) is 20.7. The lowest BCUT2D eigenvalue weighted by Crippen LogP contribution is -2.31. The van der Waals surface area contributed by atoms with Crippen molar-refractivity contribution in [3.8, 4) is 5.75 Å². The van der Waals surface area contributed by atoms with E-state index in [0.717, 1.165) is 12.1 Å². The average Bonchev–Trinajstić information content (AvgIpc) is 2.58. The molecule has 0 aliphatic rings. The lowest BCUT2D eigenvalue weighted by atomic mass is 9.91. The summed E-state index contributed by atoms with van der Waals surface area (Å²) in [5, 5.41) is 9.72. The maximum absolute atomic E-state index is 12.1. The van der Waals surface area contributed by atoms with Crippen molar-refractivity contribution >= 4 is 11.9 Å². The van der Waals surface area contributed by atoms with E-state index in [9.17, 15) is 27.9 Å². The molecule has 1 N–H and O–H groups in total. The molecule has 1 atom stereocenters. The highest BCUT2D eigenvalue weighted by Crippen LogP contribution is 2.23. The van der Waals surface area contributed by atoms with Crippen LogP contribution >= 0.6 is 0 Å². The van der Waals surface area contributed by atoms with Crippen molar-refractivity contribution in [1.29, 1.82) is 0 Å². The first-order valence-electron chi connectivity index (χ1n) is 8.28. The lowest BCUT2D eigenvalue weighted by molar-refractivity contribution is -0.274. The van der Waals surface area contributed by atoms with Crippen LogP contribution in [0.4, 0.5) is 13.2 Å². The molecular weight excluding hydrogens is 369 g/mol. The maximum atomic E-state index is 12.1. The van der Waals surface area contributed by atoms with Crippen LogP contribution in [-0.2, 0) is 25.5 Å². The highest BCUT2D eigenvalue weighted by atomic mass is 19.4. The molecule has 0 saturated heterocycles. The fourth-order valence-corrected chi connectivity index (χ4v) is 1.78. The van der Waals surface area contributed by atoms with Crippen molar-refractivity contribution in [3.63, 3.8) is 0 Å². The first kappa shape index (κ1) is 22.8. The summed E-state index contributed by atoms with van der Waals surface area (Å²) < 4.78 is 49.8. The van der Waals surface area contributed by atoms with E-state index < -0.39 is 35.6 Å². The van der Waals surface area contributed by atoms with E-state index in [-0.39, 0.29) is 19.6 Å². The van der Waals surface area contributed by atoms with E-state index >= 15 is 0 Å². The molecule has 9 heteroatoms. The minimum Gasteiger partial charge on any atom is -0.463 e. The number of esters is 2. The Morgan fingerprint density at radius 2 is 1.63 bits per heavy atom. The number of carbonyl (C=O) groups excluding carboxylic acids is 2. The second-order valence-corrected chi connectivity index (χ2v) is 6.54. The van der Waals surface area contributed by atoms with Crippen molar-refractivity contribution in [2.24, 2.45) is 5.41 Å². The third kappa shape index (κ3) is 8.76. The zero-order valence-corrected chi connectivity index (χ0v) is 15.3. The van der Waals surface area contributed by atoms with Gasteiger partial charge in [0.05, 0.1) is 11.8 Å². The van der Waals surface area contributed by atoms with E-state index in [1.54, 1.807) is 13.8 Å². The SMILES string of the molecule is CCC(C)(C)C(=O)OCC(O)COC(=O)Cc1ccc(OC(F)(F)F)cc1. The van der Waals surface area contributed by atoms with E-state index in [1.165, 1.54) is 12.1 Å². The quantitative estimate of drug-likeness (QED) is 0.651. The van der Waals surface area contributed by atoms with Gasteiger partial charge in [-0.05, 0) is 38.0 Å². The van der Waals surface area contributed by atoms with Gasteiger partial charge in [0, 0.05) is 0 Å². The number of hydrogen-bond acceptors (Lipinski definition) is 6. The molecule has 0 aliphatic heterocycles. The maximum Gasteiger partial charge on any atom is 0.573 e. The Kier molecular flexibility index (Phi) is 8.08. The first-order chi connectivity index (χ1) is 12.4. The van der Waals surface area contributed by atoms with E-state index in [2.05, 4.69) is 4.74 Å². The molecule has 6 nitrogen and oxygen atoms in total. The Labute approximate surface area is 155 Å². The molecule has 1 rings (SSSR count). The van der Waals surface area contributed by atoms with Gasteiger partial charge in [-0.2, -0.15) is 0 Å². The summed E-state index contributed by atoms with van der Waals surface area (Å²) in [6, 6.07) is 4.76. The van der Waals surface area contributed by atoms with Gasteiger partial charge in [0.15, 0.2) is 0 Å². The smallest absolute Gasteiger partial charge is 0.463 e. The van der Waals surface area contributed by atoms with Crippen LogP contribution in [0.15, 0.2) is 24.3 Å². The summed E-state index contributed by atoms with van der Waals surface area (Å²) in [5.41, 5.74) is -0.251. The normalized spacial score (nSPS) is 13.0. The monoisotopic (exact) mass is 392 g/mol. The zero-order valence-electron chi connectivity index (χ0n) is 15.3. The number of ether oxygens (including phenoxy) is 3. The van der Waals surface area contributed by atoms with Gasteiger partial charge in [0.25, 0.3) is 0 Å². The van der Waals surface area contributed by atoms with Crippen LogP contribution in [0, 0.1) is 5.41 Å². The molecule has 0 aliphatic carbocycles. The number of benzene rings is 1. The Hall–Kier alpha value is -2.29. The molecule has 0 spiro atoms. The molecule has 1 unspecified atom stereocenters. The minimum atomic E-state index is -4.79. The molecular formula is C18H23F3O6. The summed E-state index contributed by atoms with van der Waals surface area (Å²) in [7, 11) is 0. The van der Waals surface area contributed by atoms with E-state index in [1.807, 2.05) is 6.92 Å². The van der Waals surface area contributed by atoms with E-state index in [4.69, 9.17) is 9.47 Å². The van der Waals surface area contributed by atoms with Crippen LogP contribution in [-0.4, -0.2) is 42.7 Å². The fraction of sp³-hybridized carbons (Fsp3) is 0.556. The summed E-state index contributed by atoms with van der Waals surface area (Å²) in [4.78, 5) is 23.5. The Bertz CT molecular complexity index is 625. The fourth-order valence-electron chi connectivity index (χ4n) is 1.78. The van der Waals surface area contributed by atoms with Crippen molar-refractivity contribution in [2.75, 3.05) is 13.2 Å². The lowest BCUT2D eigenvalue weighted by Gasteiger charge is -2.21. The summed E-state index contributed by atoms with van der Waals surface area (Å²) >= 11 is 0. The van der Waals surface area contributed by atoms with Gasteiger partial charge in [-0.1, -0.05) is 19.1 Å². The van der Waals surface area contributed by atoms with Crippen LogP contribution in [0.25, 0.3) is 0 Å². The topological polar surface area (TPSA) is 82.1 Å². The van der Waals surface area contributed by atoms with Gasteiger partial charge in [0.2, 0.25) is 0 Å². The van der Waals surface area contributed by atoms with E-state index in [0.29, 0.717) is 12.0 Å². The number of aliphatic hydroxyl groups excluding tert-OH is 1. The van der Waals surface area contributed by atoms with Gasteiger partial charge in [-0.15, -0.1) is 13.2 Å². The van der Waals surface area contributed by atoms with Gasteiger partial charge in [-0.25, -0.2) is 0 Å². The molecule has 1 aromatic rings.